The van der Waals surface area contributed by atoms with E-state index in [4.69, 9.17) is 4.74 Å². The molecule has 0 aromatic heterocycles. The third-order valence-corrected chi connectivity index (χ3v) is 3.71. The highest BCUT2D eigenvalue weighted by molar-refractivity contribution is 5.97. The molecule has 0 saturated carbocycles. The lowest BCUT2D eigenvalue weighted by Crippen LogP contribution is -2.45. The number of hydrogen-bond acceptors (Lipinski definition) is 4. The van der Waals surface area contributed by atoms with Crippen LogP contribution >= 0.6 is 0 Å². The van der Waals surface area contributed by atoms with Gasteiger partial charge >= 0.3 is 5.97 Å². The lowest BCUT2D eigenvalue weighted by Gasteiger charge is -2.21. The number of carbonyl (C=O) groups is 2. The molecule has 2 rings (SSSR count). The zero-order valence-electron chi connectivity index (χ0n) is 12.7. The minimum Gasteiger partial charge on any atom is -0.467 e. The lowest BCUT2D eigenvalue weighted by molar-refractivity contribution is -0.144. The minimum atomic E-state index is -0.628. The summed E-state index contributed by atoms with van der Waals surface area (Å²) in [5.41, 5.74) is 2.81. The average molecular weight is 290 g/mol. The van der Waals surface area contributed by atoms with Gasteiger partial charge in [0.05, 0.1) is 7.11 Å². The molecule has 21 heavy (non-hydrogen) atoms. The molecule has 0 spiro atoms. The normalized spacial score (nSPS) is 14.9. The monoisotopic (exact) mass is 290 g/mol. The minimum absolute atomic E-state index is 0.0271. The molecular weight excluding hydrogens is 268 g/mol. The number of methoxy groups -OCH3 is 1. The summed E-state index contributed by atoms with van der Waals surface area (Å²) < 4.78 is 4.74. The van der Waals surface area contributed by atoms with Gasteiger partial charge in [0.1, 0.15) is 6.04 Å². The van der Waals surface area contributed by atoms with Crippen LogP contribution in [0.2, 0.25) is 0 Å². The van der Waals surface area contributed by atoms with Crippen LogP contribution in [-0.4, -0.2) is 31.6 Å². The van der Waals surface area contributed by atoms with Gasteiger partial charge in [0.15, 0.2) is 0 Å². The molecule has 1 aromatic rings. The molecular formula is C16H22N2O3. The molecule has 114 valence electrons. The molecule has 1 aromatic carbocycles. The average Bonchev–Trinajstić information content (AvgIpc) is 2.50. The Hall–Kier alpha value is -2.04. The Kier molecular flexibility index (Phi) is 4.83. The summed E-state index contributed by atoms with van der Waals surface area (Å²) in [6, 6.07) is 4.97. The van der Waals surface area contributed by atoms with Gasteiger partial charge in [0.2, 0.25) is 0 Å². The van der Waals surface area contributed by atoms with Crippen LogP contribution in [0.5, 0.6) is 0 Å². The largest absolute Gasteiger partial charge is 0.467 e. The second kappa shape index (κ2) is 6.61. The molecule has 1 unspecified atom stereocenters. The summed E-state index contributed by atoms with van der Waals surface area (Å²) in [5.74, 6) is -0.689. The van der Waals surface area contributed by atoms with Crippen LogP contribution in [0.15, 0.2) is 18.2 Å². The summed E-state index contributed by atoms with van der Waals surface area (Å²) in [5, 5.41) is 6.07. The van der Waals surface area contributed by atoms with E-state index in [2.05, 4.69) is 10.6 Å². The number of fused-ring (bicyclic) bond motifs is 1. The first-order chi connectivity index (χ1) is 10.0. The van der Waals surface area contributed by atoms with Crippen LogP contribution in [0.3, 0.4) is 0 Å². The fourth-order valence-corrected chi connectivity index (χ4v) is 2.47. The van der Waals surface area contributed by atoms with Gasteiger partial charge < -0.3 is 15.4 Å². The van der Waals surface area contributed by atoms with E-state index in [-0.39, 0.29) is 11.8 Å². The number of hydrogen-bond donors (Lipinski definition) is 2. The first kappa shape index (κ1) is 15.4. The molecule has 0 radical (unpaired) electrons. The van der Waals surface area contributed by atoms with Crippen molar-refractivity contribution in [3.8, 4) is 0 Å². The summed E-state index contributed by atoms with van der Waals surface area (Å²) in [4.78, 5) is 24.0. The second-order valence-corrected chi connectivity index (χ2v) is 5.62. The maximum absolute atomic E-state index is 12.3. The SMILES string of the molecule is COC(=O)C(NC(=O)c1ccc2c(c1)CCCN2)C(C)C. The molecule has 1 amide bonds. The van der Waals surface area contributed by atoms with Crippen molar-refractivity contribution in [2.45, 2.75) is 32.7 Å². The molecule has 0 fully saturated rings. The molecule has 0 bridgehead atoms. The first-order valence-corrected chi connectivity index (χ1v) is 7.28. The Morgan fingerprint density at radius 1 is 1.33 bits per heavy atom. The lowest BCUT2D eigenvalue weighted by atomic mass is 9.99. The van der Waals surface area contributed by atoms with Crippen molar-refractivity contribution < 1.29 is 14.3 Å². The van der Waals surface area contributed by atoms with Gasteiger partial charge in [-0.3, -0.25) is 4.79 Å². The molecule has 1 heterocycles. The molecule has 2 N–H and O–H groups in total. The van der Waals surface area contributed by atoms with Crippen LogP contribution in [0, 0.1) is 5.92 Å². The van der Waals surface area contributed by atoms with Gasteiger partial charge in [-0.25, -0.2) is 4.79 Å². The van der Waals surface area contributed by atoms with Gasteiger partial charge in [-0.1, -0.05) is 13.8 Å². The number of rotatable bonds is 4. The van der Waals surface area contributed by atoms with Gasteiger partial charge in [0.25, 0.3) is 5.91 Å². The zero-order chi connectivity index (χ0) is 15.4. The van der Waals surface area contributed by atoms with E-state index in [1.807, 2.05) is 26.0 Å². The smallest absolute Gasteiger partial charge is 0.328 e. The molecule has 1 aliphatic heterocycles. The Labute approximate surface area is 125 Å². The van der Waals surface area contributed by atoms with E-state index < -0.39 is 12.0 Å². The highest BCUT2D eigenvalue weighted by Gasteiger charge is 2.25. The van der Waals surface area contributed by atoms with Crippen molar-refractivity contribution in [1.29, 1.82) is 0 Å². The highest BCUT2D eigenvalue weighted by atomic mass is 16.5. The van der Waals surface area contributed by atoms with Crippen molar-refractivity contribution in [2.24, 2.45) is 5.92 Å². The summed E-state index contributed by atoms with van der Waals surface area (Å²) in [6.07, 6.45) is 2.03. The fourth-order valence-electron chi connectivity index (χ4n) is 2.47. The molecule has 5 heteroatoms. The van der Waals surface area contributed by atoms with E-state index in [0.29, 0.717) is 5.56 Å². The molecule has 0 aliphatic carbocycles. The highest BCUT2D eigenvalue weighted by Crippen LogP contribution is 2.23. The maximum atomic E-state index is 12.3. The number of carbonyl (C=O) groups excluding carboxylic acids is 2. The van der Waals surface area contributed by atoms with E-state index in [0.717, 1.165) is 30.6 Å². The summed E-state index contributed by atoms with van der Waals surface area (Å²) in [7, 11) is 1.33. The number of amides is 1. The van der Waals surface area contributed by atoms with Crippen molar-refractivity contribution in [1.82, 2.24) is 5.32 Å². The molecule has 5 nitrogen and oxygen atoms in total. The van der Waals surface area contributed by atoms with E-state index in [1.165, 1.54) is 7.11 Å². The third kappa shape index (κ3) is 3.54. The summed E-state index contributed by atoms with van der Waals surface area (Å²) in [6.45, 7) is 4.72. The third-order valence-electron chi connectivity index (χ3n) is 3.71. The van der Waals surface area contributed by atoms with Crippen molar-refractivity contribution in [3.63, 3.8) is 0 Å². The van der Waals surface area contributed by atoms with Crippen LogP contribution < -0.4 is 10.6 Å². The van der Waals surface area contributed by atoms with Crippen molar-refractivity contribution in [3.05, 3.63) is 29.3 Å². The maximum Gasteiger partial charge on any atom is 0.328 e. The number of ether oxygens (including phenoxy) is 1. The number of aryl methyl sites for hydroxylation is 1. The van der Waals surface area contributed by atoms with E-state index in [9.17, 15) is 9.59 Å². The van der Waals surface area contributed by atoms with Gasteiger partial charge in [-0.05, 0) is 42.5 Å². The molecule has 1 aliphatic rings. The van der Waals surface area contributed by atoms with Crippen molar-refractivity contribution >= 4 is 17.6 Å². The van der Waals surface area contributed by atoms with Crippen LogP contribution in [0.1, 0.15) is 36.2 Å². The predicted molar refractivity (Wildman–Crippen MR) is 81.4 cm³/mol. The standard InChI is InChI=1S/C16H22N2O3/c1-10(2)14(16(20)21-3)18-15(19)12-6-7-13-11(9-12)5-4-8-17-13/h6-7,9-10,14,17H,4-5,8H2,1-3H3,(H,18,19). The van der Waals surface area contributed by atoms with Gasteiger partial charge in [-0.2, -0.15) is 0 Å². The van der Waals surface area contributed by atoms with Crippen LogP contribution in [-0.2, 0) is 16.0 Å². The Bertz CT molecular complexity index is 540. The Balaban J connectivity index is 2.14. The summed E-state index contributed by atoms with van der Waals surface area (Å²) >= 11 is 0. The van der Waals surface area contributed by atoms with Gasteiger partial charge in [0, 0.05) is 17.8 Å². The second-order valence-electron chi connectivity index (χ2n) is 5.62. The van der Waals surface area contributed by atoms with Gasteiger partial charge in [-0.15, -0.1) is 0 Å². The van der Waals surface area contributed by atoms with E-state index >= 15 is 0 Å². The predicted octanol–water partition coefficient (Wildman–Crippen LogP) is 1.97. The van der Waals surface area contributed by atoms with E-state index in [1.54, 1.807) is 6.07 Å². The number of anilines is 1. The first-order valence-electron chi connectivity index (χ1n) is 7.28. The topological polar surface area (TPSA) is 67.4 Å². The fraction of sp³-hybridized carbons (Fsp3) is 0.500. The quantitative estimate of drug-likeness (QED) is 0.832. The Morgan fingerprint density at radius 2 is 2.10 bits per heavy atom. The zero-order valence-corrected chi connectivity index (χ0v) is 12.7. The number of esters is 1. The number of nitrogens with one attached hydrogen (secondary N) is 2. The van der Waals surface area contributed by atoms with Crippen LogP contribution in [0.25, 0.3) is 0 Å². The number of benzene rings is 1. The molecule has 1 atom stereocenters. The molecule has 0 saturated heterocycles. The van der Waals surface area contributed by atoms with Crippen molar-refractivity contribution in [2.75, 3.05) is 19.0 Å². The Morgan fingerprint density at radius 3 is 2.76 bits per heavy atom. The van der Waals surface area contributed by atoms with Crippen LogP contribution in [0.4, 0.5) is 5.69 Å².